The van der Waals surface area contributed by atoms with Gasteiger partial charge in [0.1, 0.15) is 11.6 Å². The maximum absolute atomic E-state index is 4.79. The smallest absolute Gasteiger partial charge is 0.191 e. The van der Waals surface area contributed by atoms with E-state index in [0.29, 0.717) is 6.04 Å². The van der Waals surface area contributed by atoms with Crippen LogP contribution in [0.5, 0.6) is 0 Å². The lowest BCUT2D eigenvalue weighted by atomic mass is 10.1. The molecule has 0 radical (unpaired) electrons. The first-order chi connectivity index (χ1) is 15.2. The number of nitrogens with zero attached hydrogens (tertiary/aromatic N) is 6. The van der Waals surface area contributed by atoms with Crippen molar-refractivity contribution in [3.8, 4) is 0 Å². The zero-order chi connectivity index (χ0) is 21.5. The number of aromatic nitrogens is 4. The molecule has 31 heavy (non-hydrogen) atoms. The van der Waals surface area contributed by atoms with E-state index in [-0.39, 0.29) is 0 Å². The molecule has 0 atom stereocenters. The van der Waals surface area contributed by atoms with E-state index in [0.717, 1.165) is 80.8 Å². The van der Waals surface area contributed by atoms with Crippen LogP contribution < -0.4 is 15.5 Å². The fraction of sp³-hybridized carbons (Fsp3) is 0.478. The molecule has 0 unspecified atom stereocenters. The second kappa shape index (κ2) is 10.2. The Morgan fingerprint density at radius 3 is 2.81 bits per heavy atom. The summed E-state index contributed by atoms with van der Waals surface area (Å²) in [6.45, 7) is 7.77. The molecule has 1 saturated heterocycles. The Bertz CT molecular complexity index is 1000. The molecule has 3 aromatic rings. The van der Waals surface area contributed by atoms with Crippen molar-refractivity contribution >= 4 is 17.4 Å². The number of pyridine rings is 2. The number of nitrogens with one attached hydrogen (secondary N) is 2. The first-order valence-electron chi connectivity index (χ1n) is 11.2. The quantitative estimate of drug-likeness (QED) is 0.347. The highest BCUT2D eigenvalue weighted by atomic mass is 15.2. The van der Waals surface area contributed by atoms with E-state index >= 15 is 0 Å². The summed E-state index contributed by atoms with van der Waals surface area (Å²) < 4.78 is 2.05. The summed E-state index contributed by atoms with van der Waals surface area (Å²) in [4.78, 5) is 11.8. The van der Waals surface area contributed by atoms with Crippen LogP contribution in [0.15, 0.2) is 47.6 Å². The molecule has 4 heterocycles. The van der Waals surface area contributed by atoms with Gasteiger partial charge in [-0.2, -0.15) is 0 Å². The zero-order valence-electron chi connectivity index (χ0n) is 18.5. The minimum Gasteiger partial charge on any atom is -0.357 e. The molecule has 0 aliphatic carbocycles. The van der Waals surface area contributed by atoms with Gasteiger partial charge in [-0.15, -0.1) is 10.2 Å². The van der Waals surface area contributed by atoms with Crippen LogP contribution in [-0.2, 0) is 6.42 Å². The number of rotatable bonds is 7. The molecular formula is C23H32N8. The van der Waals surface area contributed by atoms with Gasteiger partial charge in [-0.1, -0.05) is 12.1 Å². The Balaban J connectivity index is 1.26. The molecule has 2 N–H and O–H groups in total. The number of aliphatic imine (C=N–C) groups is 1. The summed E-state index contributed by atoms with van der Waals surface area (Å²) in [7, 11) is 0. The Hall–Kier alpha value is -3.16. The predicted octanol–water partition coefficient (Wildman–Crippen LogP) is 2.59. The van der Waals surface area contributed by atoms with Crippen molar-refractivity contribution in [3.63, 3.8) is 0 Å². The van der Waals surface area contributed by atoms with Gasteiger partial charge in [0.15, 0.2) is 11.6 Å². The molecule has 3 aromatic heterocycles. The third kappa shape index (κ3) is 5.51. The molecule has 0 amide bonds. The summed E-state index contributed by atoms with van der Waals surface area (Å²) in [5.74, 6) is 2.97. The fourth-order valence-electron chi connectivity index (χ4n) is 3.96. The fourth-order valence-corrected chi connectivity index (χ4v) is 3.96. The number of hydrogen-bond acceptors (Lipinski definition) is 5. The third-order valence-electron chi connectivity index (χ3n) is 5.59. The van der Waals surface area contributed by atoms with Crippen LogP contribution in [0.4, 0.5) is 5.82 Å². The van der Waals surface area contributed by atoms with Crippen molar-refractivity contribution in [3.05, 3.63) is 54.1 Å². The van der Waals surface area contributed by atoms with Crippen LogP contribution in [0.2, 0.25) is 0 Å². The molecular weight excluding hydrogens is 388 g/mol. The lowest BCUT2D eigenvalue weighted by Crippen LogP contribution is -2.49. The highest BCUT2D eigenvalue weighted by molar-refractivity contribution is 5.80. The van der Waals surface area contributed by atoms with Crippen molar-refractivity contribution in [2.24, 2.45) is 4.99 Å². The first-order valence-corrected chi connectivity index (χ1v) is 11.2. The number of anilines is 1. The lowest BCUT2D eigenvalue weighted by molar-refractivity contribution is 0.459. The van der Waals surface area contributed by atoms with Crippen LogP contribution in [0.1, 0.15) is 37.7 Å². The summed E-state index contributed by atoms with van der Waals surface area (Å²) in [6.07, 6.45) is 5.95. The van der Waals surface area contributed by atoms with E-state index < -0.39 is 0 Å². The second-order valence-corrected chi connectivity index (χ2v) is 7.95. The highest BCUT2D eigenvalue weighted by Gasteiger charge is 2.21. The van der Waals surface area contributed by atoms with E-state index in [9.17, 15) is 0 Å². The summed E-state index contributed by atoms with van der Waals surface area (Å²) in [5, 5.41) is 15.5. The molecule has 1 fully saturated rings. The van der Waals surface area contributed by atoms with Crippen molar-refractivity contribution in [1.29, 1.82) is 0 Å². The van der Waals surface area contributed by atoms with Gasteiger partial charge in [-0.3, -0.25) is 9.39 Å². The minimum absolute atomic E-state index is 0.430. The number of hydrogen-bond donors (Lipinski definition) is 2. The molecule has 8 nitrogen and oxygen atoms in total. The Morgan fingerprint density at radius 2 is 2.00 bits per heavy atom. The minimum atomic E-state index is 0.430. The van der Waals surface area contributed by atoms with E-state index in [4.69, 9.17) is 4.99 Å². The summed E-state index contributed by atoms with van der Waals surface area (Å²) in [6, 6.07) is 12.6. The monoisotopic (exact) mass is 420 g/mol. The summed E-state index contributed by atoms with van der Waals surface area (Å²) >= 11 is 0. The molecule has 164 valence electrons. The molecule has 1 aliphatic rings. The van der Waals surface area contributed by atoms with Crippen LogP contribution in [-0.4, -0.2) is 57.8 Å². The van der Waals surface area contributed by atoms with Gasteiger partial charge in [0.25, 0.3) is 0 Å². The van der Waals surface area contributed by atoms with E-state index in [1.54, 1.807) is 0 Å². The van der Waals surface area contributed by atoms with Gasteiger partial charge in [-0.25, -0.2) is 4.98 Å². The van der Waals surface area contributed by atoms with Gasteiger partial charge in [-0.05, 0) is 57.4 Å². The average Bonchev–Trinajstić information content (AvgIpc) is 3.20. The zero-order valence-corrected chi connectivity index (χ0v) is 18.5. The standard InChI is InChI=1S/C23H32N8/c1-3-24-23(25-14-7-11-22-29-28-21-9-4-5-15-31(21)22)27-19-12-16-30(17-13-19)20-10-6-8-18(2)26-20/h4-6,8-10,15,19H,3,7,11-14,16-17H2,1-2H3,(H2,24,25,27). The van der Waals surface area contributed by atoms with Crippen molar-refractivity contribution in [2.45, 2.75) is 45.6 Å². The van der Waals surface area contributed by atoms with Crippen molar-refractivity contribution in [1.82, 2.24) is 30.2 Å². The number of piperidine rings is 1. The second-order valence-electron chi connectivity index (χ2n) is 7.95. The number of guanidine groups is 1. The normalized spacial score (nSPS) is 15.4. The van der Waals surface area contributed by atoms with Gasteiger partial charge in [0.2, 0.25) is 0 Å². The van der Waals surface area contributed by atoms with E-state index in [1.807, 2.05) is 41.8 Å². The Kier molecular flexibility index (Phi) is 6.96. The van der Waals surface area contributed by atoms with Crippen molar-refractivity contribution in [2.75, 3.05) is 31.1 Å². The molecule has 0 aromatic carbocycles. The number of fused-ring (bicyclic) bond motifs is 1. The first kappa shape index (κ1) is 21.1. The molecule has 0 spiro atoms. The maximum atomic E-state index is 4.79. The average molecular weight is 421 g/mol. The molecule has 1 aliphatic heterocycles. The lowest BCUT2D eigenvalue weighted by Gasteiger charge is -2.34. The van der Waals surface area contributed by atoms with Crippen molar-refractivity contribution < 1.29 is 0 Å². The molecule has 4 rings (SSSR count). The predicted molar refractivity (Wildman–Crippen MR) is 125 cm³/mol. The van der Waals surface area contributed by atoms with E-state index in [2.05, 4.69) is 49.8 Å². The molecule has 0 saturated carbocycles. The van der Waals surface area contributed by atoms with Gasteiger partial charge >= 0.3 is 0 Å². The SMILES string of the molecule is CCNC(=NCCCc1nnc2ccccn12)NC1CCN(c2cccc(C)n2)CC1. The van der Waals surface area contributed by atoms with Gasteiger partial charge in [0, 0.05) is 50.5 Å². The van der Waals surface area contributed by atoms with Crippen LogP contribution in [0.3, 0.4) is 0 Å². The third-order valence-corrected chi connectivity index (χ3v) is 5.59. The highest BCUT2D eigenvalue weighted by Crippen LogP contribution is 2.18. The topological polar surface area (TPSA) is 82.7 Å². The maximum Gasteiger partial charge on any atom is 0.191 e. The molecule has 0 bridgehead atoms. The van der Waals surface area contributed by atoms with E-state index in [1.165, 1.54) is 0 Å². The molecule has 8 heteroatoms. The Morgan fingerprint density at radius 1 is 1.13 bits per heavy atom. The Labute approximate surface area is 183 Å². The largest absolute Gasteiger partial charge is 0.357 e. The summed E-state index contributed by atoms with van der Waals surface area (Å²) in [5.41, 5.74) is 1.96. The van der Waals surface area contributed by atoms with Gasteiger partial charge in [0.05, 0.1) is 0 Å². The van der Waals surface area contributed by atoms with Gasteiger partial charge < -0.3 is 15.5 Å². The number of aryl methyl sites for hydroxylation is 2. The van der Waals surface area contributed by atoms with Crippen LogP contribution >= 0.6 is 0 Å². The van der Waals surface area contributed by atoms with Crippen LogP contribution in [0.25, 0.3) is 5.65 Å². The van der Waals surface area contributed by atoms with Crippen LogP contribution in [0, 0.1) is 6.92 Å².